The standard InChI is InChI=1S/C18H19NO8/c20-13-7-14(21)12(17(24)25)6-11(13)16(23)15(22)8-19-18(26)27-9-10-4-2-1-3-5-10/h1-7,15-16,20-23H,8-9H2,(H,19,26)(H,24,25). The van der Waals surface area contributed by atoms with E-state index in [0.29, 0.717) is 0 Å². The van der Waals surface area contributed by atoms with Gasteiger partial charge in [-0.05, 0) is 11.6 Å². The van der Waals surface area contributed by atoms with Crippen LogP contribution in [0.2, 0.25) is 0 Å². The number of carbonyl (C=O) groups is 2. The quantitative estimate of drug-likeness (QED) is 0.419. The van der Waals surface area contributed by atoms with E-state index in [9.17, 15) is 30.0 Å². The molecule has 2 rings (SSSR count). The summed E-state index contributed by atoms with van der Waals surface area (Å²) < 4.78 is 4.95. The summed E-state index contributed by atoms with van der Waals surface area (Å²) in [4.78, 5) is 22.7. The van der Waals surface area contributed by atoms with Gasteiger partial charge in [0.2, 0.25) is 0 Å². The number of ether oxygens (including phenoxy) is 1. The molecule has 2 aromatic rings. The average Bonchev–Trinajstić information content (AvgIpc) is 2.64. The van der Waals surface area contributed by atoms with Gasteiger partial charge in [0.05, 0.1) is 0 Å². The topological polar surface area (TPSA) is 157 Å². The Balaban J connectivity index is 1.93. The maximum absolute atomic E-state index is 11.6. The molecule has 2 unspecified atom stereocenters. The minimum absolute atomic E-state index is 0.0199. The van der Waals surface area contributed by atoms with Crippen molar-refractivity contribution in [1.29, 1.82) is 0 Å². The second-order valence-corrected chi connectivity index (χ2v) is 5.69. The summed E-state index contributed by atoms with van der Waals surface area (Å²) in [5.74, 6) is -2.76. The molecule has 6 N–H and O–H groups in total. The lowest BCUT2D eigenvalue weighted by Crippen LogP contribution is -2.35. The van der Waals surface area contributed by atoms with Crippen LogP contribution in [0.25, 0.3) is 0 Å². The Morgan fingerprint density at radius 1 is 1.04 bits per heavy atom. The number of aliphatic hydroxyl groups is 2. The Hall–Kier alpha value is -3.30. The average molecular weight is 377 g/mol. The van der Waals surface area contributed by atoms with E-state index in [1.54, 1.807) is 24.3 Å². The molecular weight excluding hydrogens is 358 g/mol. The molecule has 0 fully saturated rings. The first kappa shape index (κ1) is 20.0. The largest absolute Gasteiger partial charge is 0.507 e. The number of phenols is 2. The highest BCUT2D eigenvalue weighted by molar-refractivity contribution is 5.91. The monoisotopic (exact) mass is 377 g/mol. The predicted molar refractivity (Wildman–Crippen MR) is 92.3 cm³/mol. The predicted octanol–water partition coefficient (Wildman–Crippen LogP) is 1.12. The van der Waals surface area contributed by atoms with E-state index in [-0.39, 0.29) is 12.2 Å². The lowest BCUT2D eigenvalue weighted by Gasteiger charge is -2.20. The van der Waals surface area contributed by atoms with Crippen LogP contribution < -0.4 is 5.32 Å². The van der Waals surface area contributed by atoms with E-state index in [1.165, 1.54) is 0 Å². The molecule has 2 atom stereocenters. The fourth-order valence-corrected chi connectivity index (χ4v) is 2.28. The van der Waals surface area contributed by atoms with Gasteiger partial charge in [-0.15, -0.1) is 0 Å². The van der Waals surface area contributed by atoms with E-state index in [1.807, 2.05) is 6.07 Å². The molecule has 0 aliphatic heterocycles. The van der Waals surface area contributed by atoms with E-state index >= 15 is 0 Å². The Kier molecular flexibility index (Phi) is 6.58. The third kappa shape index (κ3) is 5.33. The number of carbonyl (C=O) groups excluding carboxylic acids is 1. The summed E-state index contributed by atoms with van der Waals surface area (Å²) >= 11 is 0. The summed E-state index contributed by atoms with van der Waals surface area (Å²) in [6.07, 6.45) is -4.10. The Bertz CT molecular complexity index is 809. The highest BCUT2D eigenvalue weighted by atomic mass is 16.5. The molecule has 144 valence electrons. The number of aliphatic hydroxyl groups excluding tert-OH is 2. The van der Waals surface area contributed by atoms with Gasteiger partial charge in [-0.1, -0.05) is 30.3 Å². The molecule has 0 bridgehead atoms. The van der Waals surface area contributed by atoms with Crippen molar-refractivity contribution < 1.29 is 39.9 Å². The molecule has 9 heteroatoms. The number of hydrogen-bond donors (Lipinski definition) is 6. The number of rotatable bonds is 7. The molecule has 0 saturated carbocycles. The van der Waals surface area contributed by atoms with Crippen LogP contribution in [0.3, 0.4) is 0 Å². The summed E-state index contributed by atoms with van der Waals surface area (Å²) in [6.45, 7) is -0.399. The van der Waals surface area contributed by atoms with Gasteiger partial charge < -0.3 is 35.6 Å². The summed E-state index contributed by atoms with van der Waals surface area (Å²) in [5.41, 5.74) is -0.0927. The zero-order chi connectivity index (χ0) is 20.0. The number of carboxylic acid groups (broad SMARTS) is 1. The SMILES string of the molecule is O=C(NCC(O)C(O)c1cc(C(=O)O)c(O)cc1O)OCc1ccccc1. The molecule has 9 nitrogen and oxygen atoms in total. The molecular formula is C18H19NO8. The van der Waals surface area contributed by atoms with Crippen molar-refractivity contribution in [2.75, 3.05) is 6.54 Å². The highest BCUT2D eigenvalue weighted by Crippen LogP contribution is 2.32. The zero-order valence-electron chi connectivity index (χ0n) is 14.1. The molecule has 0 aliphatic carbocycles. The number of benzene rings is 2. The fraction of sp³-hybridized carbons (Fsp3) is 0.222. The van der Waals surface area contributed by atoms with Gasteiger partial charge in [0.25, 0.3) is 0 Å². The Morgan fingerprint density at radius 3 is 2.33 bits per heavy atom. The van der Waals surface area contributed by atoms with Gasteiger partial charge in [0.1, 0.15) is 35.9 Å². The maximum Gasteiger partial charge on any atom is 0.407 e. The van der Waals surface area contributed by atoms with Crippen LogP contribution in [0.15, 0.2) is 42.5 Å². The van der Waals surface area contributed by atoms with Crippen LogP contribution in [0.5, 0.6) is 11.5 Å². The van der Waals surface area contributed by atoms with Crippen LogP contribution in [0.4, 0.5) is 4.79 Å². The first-order valence-corrected chi connectivity index (χ1v) is 7.89. The lowest BCUT2D eigenvalue weighted by molar-refractivity contribution is 0.0170. The van der Waals surface area contributed by atoms with Crippen LogP contribution in [0, 0.1) is 0 Å². The van der Waals surface area contributed by atoms with Gasteiger partial charge in [0, 0.05) is 18.2 Å². The van der Waals surface area contributed by atoms with Crippen LogP contribution in [-0.4, -0.2) is 50.2 Å². The van der Waals surface area contributed by atoms with E-state index in [0.717, 1.165) is 17.7 Å². The van der Waals surface area contributed by atoms with E-state index in [4.69, 9.17) is 9.84 Å². The third-order valence-electron chi connectivity index (χ3n) is 3.73. The van der Waals surface area contributed by atoms with Gasteiger partial charge in [-0.25, -0.2) is 9.59 Å². The molecule has 1 amide bonds. The van der Waals surface area contributed by atoms with Crippen molar-refractivity contribution in [3.05, 3.63) is 59.2 Å². The van der Waals surface area contributed by atoms with E-state index < -0.39 is 47.9 Å². The fourth-order valence-electron chi connectivity index (χ4n) is 2.28. The maximum atomic E-state index is 11.6. The van der Waals surface area contributed by atoms with Gasteiger partial charge >= 0.3 is 12.1 Å². The highest BCUT2D eigenvalue weighted by Gasteiger charge is 2.25. The summed E-state index contributed by atoms with van der Waals surface area (Å²) in [6, 6.07) is 10.5. The molecule has 0 spiro atoms. The number of amides is 1. The minimum atomic E-state index is -1.71. The molecule has 27 heavy (non-hydrogen) atoms. The zero-order valence-corrected chi connectivity index (χ0v) is 14.1. The molecule has 0 saturated heterocycles. The van der Waals surface area contributed by atoms with Crippen LogP contribution >= 0.6 is 0 Å². The smallest absolute Gasteiger partial charge is 0.407 e. The third-order valence-corrected chi connectivity index (χ3v) is 3.73. The van der Waals surface area contributed by atoms with Gasteiger partial charge in [-0.3, -0.25) is 0 Å². The number of alkyl carbamates (subject to hydrolysis) is 1. The molecule has 0 heterocycles. The van der Waals surface area contributed by atoms with Crippen molar-refractivity contribution in [1.82, 2.24) is 5.32 Å². The van der Waals surface area contributed by atoms with Crippen LogP contribution in [0.1, 0.15) is 27.6 Å². The number of hydrogen-bond acceptors (Lipinski definition) is 7. The van der Waals surface area contributed by atoms with Gasteiger partial charge in [-0.2, -0.15) is 0 Å². The minimum Gasteiger partial charge on any atom is -0.507 e. The van der Waals surface area contributed by atoms with Crippen molar-refractivity contribution in [2.24, 2.45) is 0 Å². The number of nitrogens with one attached hydrogen (secondary N) is 1. The Morgan fingerprint density at radius 2 is 1.70 bits per heavy atom. The van der Waals surface area contributed by atoms with Crippen molar-refractivity contribution in [2.45, 2.75) is 18.8 Å². The number of carboxylic acids is 1. The summed E-state index contributed by atoms with van der Waals surface area (Å²) in [5, 5.41) is 50.6. The molecule has 0 radical (unpaired) electrons. The van der Waals surface area contributed by atoms with Crippen molar-refractivity contribution in [3.8, 4) is 11.5 Å². The molecule has 2 aromatic carbocycles. The van der Waals surface area contributed by atoms with Crippen LogP contribution in [-0.2, 0) is 11.3 Å². The summed E-state index contributed by atoms with van der Waals surface area (Å²) in [7, 11) is 0. The van der Waals surface area contributed by atoms with Gasteiger partial charge in [0.15, 0.2) is 0 Å². The Labute approximate surface area is 154 Å². The lowest BCUT2D eigenvalue weighted by atomic mass is 10.00. The first-order valence-electron chi connectivity index (χ1n) is 7.89. The second kappa shape index (κ2) is 8.88. The number of phenolic OH excluding ortho intramolecular Hbond substituents is 1. The normalized spacial score (nSPS) is 12.8. The van der Waals surface area contributed by atoms with Crippen molar-refractivity contribution in [3.63, 3.8) is 0 Å². The number of aromatic carboxylic acids is 1. The molecule has 0 aliphatic rings. The first-order chi connectivity index (χ1) is 12.8. The number of aromatic hydroxyl groups is 2. The molecule has 0 aromatic heterocycles. The van der Waals surface area contributed by atoms with E-state index in [2.05, 4.69) is 5.32 Å². The van der Waals surface area contributed by atoms with Crippen molar-refractivity contribution >= 4 is 12.1 Å². The second-order valence-electron chi connectivity index (χ2n) is 5.69.